The van der Waals surface area contributed by atoms with E-state index in [-0.39, 0.29) is 0 Å². The first-order valence-electron chi connectivity index (χ1n) is 19.7. The van der Waals surface area contributed by atoms with Crippen molar-refractivity contribution in [3.05, 3.63) is 235 Å². The van der Waals surface area contributed by atoms with E-state index in [0.717, 1.165) is 33.6 Å². The van der Waals surface area contributed by atoms with Crippen LogP contribution in [0.3, 0.4) is 0 Å². The summed E-state index contributed by atoms with van der Waals surface area (Å²) in [6.07, 6.45) is 0. The van der Waals surface area contributed by atoms with Gasteiger partial charge in [0.25, 0.3) is 0 Å². The smallest absolute Gasteiger partial charge is 0.136 e. The Morgan fingerprint density at radius 1 is 0.333 bits per heavy atom. The van der Waals surface area contributed by atoms with Gasteiger partial charge in [0.05, 0.1) is 5.41 Å². The SMILES string of the molecule is c1ccc(-c2cc(-c3ccc4c(c3)C3(c5ccccc5-4)c4ccccc4-c4c3ccc3oc5ccccc5c43)cc(N(c3ccccc3)c3ccccc3)c2)cc1. The molecule has 266 valence electrons. The van der Waals surface area contributed by atoms with E-state index in [1.54, 1.807) is 0 Å². The molecule has 2 nitrogen and oxygen atoms in total. The first-order valence-corrected chi connectivity index (χ1v) is 19.7. The Morgan fingerprint density at radius 3 is 1.65 bits per heavy atom. The van der Waals surface area contributed by atoms with Gasteiger partial charge in [0, 0.05) is 27.8 Å². The van der Waals surface area contributed by atoms with Gasteiger partial charge < -0.3 is 9.32 Å². The predicted octanol–water partition coefficient (Wildman–Crippen LogP) is 14.7. The number of para-hydroxylation sites is 3. The molecule has 0 bridgehead atoms. The van der Waals surface area contributed by atoms with E-state index in [1.807, 2.05) is 0 Å². The van der Waals surface area contributed by atoms with Gasteiger partial charge >= 0.3 is 0 Å². The number of hydrogen-bond donors (Lipinski definition) is 0. The third kappa shape index (κ3) is 4.59. The van der Waals surface area contributed by atoms with Gasteiger partial charge in [0.2, 0.25) is 0 Å². The van der Waals surface area contributed by atoms with Crippen molar-refractivity contribution in [3.63, 3.8) is 0 Å². The third-order valence-electron chi connectivity index (χ3n) is 12.2. The van der Waals surface area contributed by atoms with Gasteiger partial charge in [-0.3, -0.25) is 0 Å². The highest BCUT2D eigenvalue weighted by Gasteiger charge is 2.52. The van der Waals surface area contributed by atoms with Crippen molar-refractivity contribution >= 4 is 39.0 Å². The zero-order valence-electron chi connectivity index (χ0n) is 31.1. The van der Waals surface area contributed by atoms with Gasteiger partial charge in [-0.2, -0.15) is 0 Å². The van der Waals surface area contributed by atoms with Gasteiger partial charge in [0.1, 0.15) is 11.2 Å². The van der Waals surface area contributed by atoms with Crippen LogP contribution in [-0.2, 0) is 5.41 Å². The highest BCUT2D eigenvalue weighted by Crippen LogP contribution is 2.64. The van der Waals surface area contributed by atoms with E-state index >= 15 is 0 Å². The molecule has 1 spiro atoms. The number of furan rings is 1. The van der Waals surface area contributed by atoms with Crippen LogP contribution in [0.2, 0.25) is 0 Å². The normalized spacial score (nSPS) is 14.7. The highest BCUT2D eigenvalue weighted by atomic mass is 16.3. The van der Waals surface area contributed by atoms with Crippen molar-refractivity contribution in [1.82, 2.24) is 0 Å². The van der Waals surface area contributed by atoms with Crippen LogP contribution in [0.15, 0.2) is 217 Å². The summed E-state index contributed by atoms with van der Waals surface area (Å²) in [7, 11) is 0. The lowest BCUT2D eigenvalue weighted by atomic mass is 9.70. The standard InChI is InChI=1S/C55H35NO/c1-4-16-36(17-5-1)38-32-39(34-42(33-38)56(40-18-6-2-7-19-40)41-20-8-3-9-21-41)37-28-29-44-43-22-10-13-25-47(43)55(50(44)35-37)48-26-14-11-23-45(48)53-49(55)30-31-52-54(53)46-24-12-15-27-51(46)57-52/h1-35H. The Bertz CT molecular complexity index is 3140. The predicted molar refractivity (Wildman–Crippen MR) is 236 cm³/mol. The second-order valence-electron chi connectivity index (χ2n) is 15.2. The lowest BCUT2D eigenvalue weighted by Gasteiger charge is -2.31. The Hall–Kier alpha value is -7.42. The molecule has 0 radical (unpaired) electrons. The number of anilines is 3. The first kappa shape index (κ1) is 31.9. The van der Waals surface area contributed by atoms with Crippen molar-refractivity contribution in [2.45, 2.75) is 5.41 Å². The van der Waals surface area contributed by atoms with E-state index in [4.69, 9.17) is 4.42 Å². The third-order valence-corrected chi connectivity index (χ3v) is 12.2. The highest BCUT2D eigenvalue weighted by molar-refractivity contribution is 6.16. The van der Waals surface area contributed by atoms with Crippen molar-refractivity contribution in [2.75, 3.05) is 4.90 Å². The lowest BCUT2D eigenvalue weighted by Crippen LogP contribution is -2.25. The molecule has 57 heavy (non-hydrogen) atoms. The Morgan fingerprint density at radius 2 is 0.912 bits per heavy atom. The van der Waals surface area contributed by atoms with Crippen LogP contribution in [0.1, 0.15) is 22.3 Å². The second-order valence-corrected chi connectivity index (χ2v) is 15.2. The minimum atomic E-state index is -0.500. The van der Waals surface area contributed by atoms with Crippen LogP contribution >= 0.6 is 0 Å². The minimum Gasteiger partial charge on any atom is -0.456 e. The van der Waals surface area contributed by atoms with Crippen molar-refractivity contribution in [1.29, 1.82) is 0 Å². The summed E-state index contributed by atoms with van der Waals surface area (Å²) in [6.45, 7) is 0. The van der Waals surface area contributed by atoms with Gasteiger partial charge in [-0.1, -0.05) is 152 Å². The molecule has 0 saturated carbocycles. The molecule has 0 saturated heterocycles. The number of rotatable bonds is 5. The number of nitrogens with zero attached hydrogens (tertiary/aromatic N) is 1. The van der Waals surface area contributed by atoms with Crippen LogP contribution in [-0.4, -0.2) is 0 Å². The monoisotopic (exact) mass is 725 g/mol. The van der Waals surface area contributed by atoms with Crippen LogP contribution in [0.25, 0.3) is 66.4 Å². The molecular weight excluding hydrogens is 691 g/mol. The first-order chi connectivity index (χ1) is 28.3. The van der Waals surface area contributed by atoms with E-state index in [9.17, 15) is 0 Å². The summed E-state index contributed by atoms with van der Waals surface area (Å²) in [5.74, 6) is 0. The fourth-order valence-electron chi connectivity index (χ4n) is 9.93. The molecule has 0 aliphatic heterocycles. The summed E-state index contributed by atoms with van der Waals surface area (Å²) in [5.41, 5.74) is 19.8. The van der Waals surface area contributed by atoms with Crippen molar-refractivity contribution in [3.8, 4) is 44.5 Å². The summed E-state index contributed by atoms with van der Waals surface area (Å²) < 4.78 is 6.50. The number of hydrogen-bond acceptors (Lipinski definition) is 2. The van der Waals surface area contributed by atoms with Crippen LogP contribution in [0.5, 0.6) is 0 Å². The van der Waals surface area contributed by atoms with Gasteiger partial charge in [-0.25, -0.2) is 0 Å². The van der Waals surface area contributed by atoms with E-state index < -0.39 is 5.41 Å². The molecule has 9 aromatic carbocycles. The maximum absolute atomic E-state index is 6.50. The average Bonchev–Trinajstić information content (AvgIpc) is 3.91. The molecule has 1 heterocycles. The van der Waals surface area contributed by atoms with Crippen LogP contribution in [0, 0.1) is 0 Å². The summed E-state index contributed by atoms with van der Waals surface area (Å²) in [6, 6.07) is 77.4. The van der Waals surface area contributed by atoms with Crippen LogP contribution in [0.4, 0.5) is 17.1 Å². The molecular formula is C55H35NO. The van der Waals surface area contributed by atoms with E-state index in [1.165, 1.54) is 72.1 Å². The zero-order valence-corrected chi connectivity index (χ0v) is 31.1. The van der Waals surface area contributed by atoms with Crippen molar-refractivity contribution < 1.29 is 4.42 Å². The Balaban J connectivity index is 1.14. The molecule has 1 atom stereocenters. The molecule has 12 rings (SSSR count). The summed E-state index contributed by atoms with van der Waals surface area (Å²) in [4.78, 5) is 2.37. The van der Waals surface area contributed by atoms with Crippen LogP contribution < -0.4 is 4.90 Å². The lowest BCUT2D eigenvalue weighted by molar-refractivity contribution is 0.668. The van der Waals surface area contributed by atoms with E-state index in [0.29, 0.717) is 0 Å². The molecule has 0 fully saturated rings. The van der Waals surface area contributed by atoms with Crippen molar-refractivity contribution in [2.24, 2.45) is 0 Å². The zero-order chi connectivity index (χ0) is 37.5. The molecule has 1 unspecified atom stereocenters. The minimum absolute atomic E-state index is 0.500. The molecule has 2 aliphatic rings. The topological polar surface area (TPSA) is 16.4 Å². The number of benzene rings is 9. The number of fused-ring (bicyclic) bond motifs is 14. The molecule has 2 aliphatic carbocycles. The quantitative estimate of drug-likeness (QED) is 0.176. The van der Waals surface area contributed by atoms with E-state index in [2.05, 4.69) is 217 Å². The average molecular weight is 726 g/mol. The van der Waals surface area contributed by atoms with Gasteiger partial charge in [-0.15, -0.1) is 0 Å². The second kappa shape index (κ2) is 12.3. The maximum atomic E-state index is 6.50. The molecule has 10 aromatic rings. The summed E-state index contributed by atoms with van der Waals surface area (Å²) >= 11 is 0. The molecule has 2 heteroatoms. The largest absolute Gasteiger partial charge is 0.456 e. The molecule has 0 amide bonds. The Kier molecular flexibility index (Phi) is 6.88. The summed E-state index contributed by atoms with van der Waals surface area (Å²) in [5, 5.41) is 2.35. The Labute approximate surface area is 331 Å². The van der Waals surface area contributed by atoms with Gasteiger partial charge in [-0.05, 0) is 127 Å². The molecule has 1 aromatic heterocycles. The fourth-order valence-corrected chi connectivity index (χ4v) is 9.93. The fraction of sp³-hybridized carbons (Fsp3) is 0.0182. The van der Waals surface area contributed by atoms with Gasteiger partial charge in [0.15, 0.2) is 0 Å². The maximum Gasteiger partial charge on any atom is 0.136 e. The molecule has 0 N–H and O–H groups in total.